The second-order valence-corrected chi connectivity index (χ2v) is 7.87. The zero-order chi connectivity index (χ0) is 17.1. The normalized spacial score (nSPS) is 14.6. The van der Waals surface area contributed by atoms with Gasteiger partial charge in [0, 0.05) is 22.0 Å². The van der Waals surface area contributed by atoms with Crippen LogP contribution in [0.25, 0.3) is 10.6 Å². The summed E-state index contributed by atoms with van der Waals surface area (Å²) in [5, 5.41) is 9.53. The highest BCUT2D eigenvalue weighted by atomic mass is 35.5. The number of amides is 1. The lowest BCUT2D eigenvalue weighted by Crippen LogP contribution is -2.26. The van der Waals surface area contributed by atoms with Gasteiger partial charge in [0.05, 0.1) is 0 Å². The molecule has 0 atom stereocenters. The number of carbonyl (C=O) groups is 1. The van der Waals surface area contributed by atoms with Gasteiger partial charge in [-0.1, -0.05) is 30.3 Å². The summed E-state index contributed by atoms with van der Waals surface area (Å²) in [6, 6.07) is 9.88. The Balaban J connectivity index is 0.00000196. The zero-order valence-electron chi connectivity index (χ0n) is 14.0. The van der Waals surface area contributed by atoms with Crippen molar-refractivity contribution in [3.8, 4) is 10.6 Å². The van der Waals surface area contributed by atoms with Crippen LogP contribution in [0.4, 0.5) is 5.13 Å². The molecule has 3 aromatic rings. The van der Waals surface area contributed by atoms with Gasteiger partial charge in [0.1, 0.15) is 10.7 Å². The average Bonchev–Trinajstić information content (AvgIpc) is 3.33. The van der Waals surface area contributed by atoms with Crippen LogP contribution in [0, 0.1) is 0 Å². The average molecular weight is 407 g/mol. The van der Waals surface area contributed by atoms with Crippen LogP contribution in [0.2, 0.25) is 0 Å². The molecule has 1 aliphatic rings. The smallest absolute Gasteiger partial charge is 0.276 e. The van der Waals surface area contributed by atoms with E-state index in [1.165, 1.54) is 16.2 Å². The van der Waals surface area contributed by atoms with Gasteiger partial charge in [-0.2, -0.15) is 0 Å². The number of nitrogens with zero attached hydrogens (tertiary/aromatic N) is 2. The molecule has 0 bridgehead atoms. The number of nitrogens with one attached hydrogen (secondary N) is 2. The fourth-order valence-corrected chi connectivity index (χ4v) is 4.68. The molecule has 1 aliphatic heterocycles. The Morgan fingerprint density at radius 3 is 2.73 bits per heavy atom. The Hall–Kier alpha value is -1.80. The van der Waals surface area contributed by atoms with E-state index >= 15 is 0 Å². The van der Waals surface area contributed by atoms with Crippen LogP contribution in [0.5, 0.6) is 0 Å². The largest absolute Gasteiger partial charge is 0.317 e. The lowest BCUT2D eigenvalue weighted by molar-refractivity contribution is 0.102. The summed E-state index contributed by atoms with van der Waals surface area (Å²) in [5.41, 5.74) is 1.46. The zero-order valence-corrected chi connectivity index (χ0v) is 16.4. The number of halogens is 1. The first-order valence-electron chi connectivity index (χ1n) is 8.28. The van der Waals surface area contributed by atoms with Gasteiger partial charge in [0.2, 0.25) is 0 Å². The molecule has 5 nitrogen and oxygen atoms in total. The van der Waals surface area contributed by atoms with Gasteiger partial charge in [-0.15, -0.1) is 35.1 Å². The maximum absolute atomic E-state index is 12.4. The lowest BCUT2D eigenvalue weighted by Gasteiger charge is -2.20. The Labute approximate surface area is 166 Å². The van der Waals surface area contributed by atoms with E-state index in [1.807, 2.05) is 36.5 Å². The van der Waals surface area contributed by atoms with Gasteiger partial charge in [-0.05, 0) is 31.8 Å². The summed E-state index contributed by atoms with van der Waals surface area (Å²) in [6.45, 7) is 2.09. The Morgan fingerprint density at radius 1 is 1.19 bits per heavy atom. The van der Waals surface area contributed by atoms with Crippen LogP contribution in [-0.4, -0.2) is 29.0 Å². The van der Waals surface area contributed by atoms with E-state index in [0.717, 1.165) is 36.5 Å². The summed E-state index contributed by atoms with van der Waals surface area (Å²) >= 11 is 3.04. The van der Waals surface area contributed by atoms with Crippen molar-refractivity contribution in [2.45, 2.75) is 18.8 Å². The molecular weight excluding hydrogens is 388 g/mol. The fourth-order valence-electron chi connectivity index (χ4n) is 2.89. The number of carbonyl (C=O) groups excluding carboxylic acids is 1. The molecule has 1 fully saturated rings. The third kappa shape index (κ3) is 4.29. The summed E-state index contributed by atoms with van der Waals surface area (Å²) in [6.07, 6.45) is 4.15. The number of thiazole rings is 2. The Kier molecular flexibility index (Phi) is 6.37. The minimum Gasteiger partial charge on any atom is -0.317 e. The SMILES string of the molecule is Cl.O=C(Nc1ncc(C2CCNCC2)s1)c1csc(-c2ccccc2)n1. The minimum atomic E-state index is -0.204. The molecule has 0 aliphatic carbocycles. The highest BCUT2D eigenvalue weighted by molar-refractivity contribution is 7.16. The number of rotatable bonds is 4. The Morgan fingerprint density at radius 2 is 1.96 bits per heavy atom. The molecule has 4 rings (SSSR count). The number of benzene rings is 1. The van der Waals surface area contributed by atoms with Crippen LogP contribution in [0.15, 0.2) is 41.9 Å². The molecule has 0 radical (unpaired) electrons. The lowest BCUT2D eigenvalue weighted by atomic mass is 9.97. The molecule has 3 heterocycles. The van der Waals surface area contributed by atoms with E-state index in [9.17, 15) is 4.79 Å². The summed E-state index contributed by atoms with van der Waals surface area (Å²) in [4.78, 5) is 22.5. The molecule has 26 heavy (non-hydrogen) atoms. The molecule has 8 heteroatoms. The first-order valence-corrected chi connectivity index (χ1v) is 9.98. The van der Waals surface area contributed by atoms with Crippen LogP contribution in [0.1, 0.15) is 34.1 Å². The van der Waals surface area contributed by atoms with Gasteiger partial charge in [0.25, 0.3) is 5.91 Å². The first-order chi connectivity index (χ1) is 12.3. The molecule has 2 N–H and O–H groups in total. The molecular formula is C18H19ClN4OS2. The molecule has 0 saturated carbocycles. The highest BCUT2D eigenvalue weighted by Crippen LogP contribution is 2.32. The van der Waals surface area contributed by atoms with Crippen LogP contribution in [0.3, 0.4) is 0 Å². The summed E-state index contributed by atoms with van der Waals surface area (Å²) in [5.74, 6) is 0.345. The van der Waals surface area contributed by atoms with Crippen LogP contribution < -0.4 is 10.6 Å². The van der Waals surface area contributed by atoms with Gasteiger partial charge in [-0.25, -0.2) is 9.97 Å². The van der Waals surface area contributed by atoms with Gasteiger partial charge < -0.3 is 5.32 Å². The monoisotopic (exact) mass is 406 g/mol. The predicted molar refractivity (Wildman–Crippen MR) is 110 cm³/mol. The van der Waals surface area contributed by atoms with Crippen molar-refractivity contribution in [3.05, 3.63) is 52.5 Å². The molecule has 1 aromatic carbocycles. The fraction of sp³-hybridized carbons (Fsp3) is 0.278. The van der Waals surface area contributed by atoms with Crippen LogP contribution >= 0.6 is 35.1 Å². The van der Waals surface area contributed by atoms with E-state index in [0.29, 0.717) is 16.7 Å². The van der Waals surface area contributed by atoms with Gasteiger partial charge in [-0.3, -0.25) is 10.1 Å². The maximum atomic E-state index is 12.4. The number of aromatic nitrogens is 2. The molecule has 1 amide bonds. The second kappa shape index (κ2) is 8.73. The van der Waals surface area contributed by atoms with E-state index in [-0.39, 0.29) is 18.3 Å². The van der Waals surface area contributed by atoms with Crippen molar-refractivity contribution < 1.29 is 4.79 Å². The third-order valence-corrected chi connectivity index (χ3v) is 6.21. The molecule has 136 valence electrons. The number of hydrogen-bond donors (Lipinski definition) is 2. The van der Waals surface area contributed by atoms with Crippen molar-refractivity contribution in [1.29, 1.82) is 0 Å². The molecule has 1 saturated heterocycles. The van der Waals surface area contributed by atoms with E-state index in [1.54, 1.807) is 16.7 Å². The minimum absolute atomic E-state index is 0. The highest BCUT2D eigenvalue weighted by Gasteiger charge is 2.19. The topological polar surface area (TPSA) is 66.9 Å². The van der Waals surface area contributed by atoms with Crippen molar-refractivity contribution in [3.63, 3.8) is 0 Å². The summed E-state index contributed by atoms with van der Waals surface area (Å²) < 4.78 is 0. The van der Waals surface area contributed by atoms with Gasteiger partial charge >= 0.3 is 0 Å². The molecule has 0 spiro atoms. The second-order valence-electron chi connectivity index (χ2n) is 5.95. The first kappa shape index (κ1) is 19.0. The van der Waals surface area contributed by atoms with Crippen molar-refractivity contribution in [1.82, 2.24) is 15.3 Å². The van der Waals surface area contributed by atoms with E-state index in [4.69, 9.17) is 0 Å². The van der Waals surface area contributed by atoms with Crippen molar-refractivity contribution >= 4 is 46.1 Å². The standard InChI is InChI=1S/C18H18N4OS2.ClH/c23-16(14-11-24-17(21-14)13-4-2-1-3-5-13)22-18-20-10-15(25-18)12-6-8-19-9-7-12;/h1-5,10-12,19H,6-9H2,(H,20,22,23);1H. The van der Waals surface area contributed by atoms with Crippen LogP contribution in [-0.2, 0) is 0 Å². The number of hydrogen-bond acceptors (Lipinski definition) is 6. The van der Waals surface area contributed by atoms with Crippen molar-refractivity contribution in [2.24, 2.45) is 0 Å². The number of anilines is 1. The van der Waals surface area contributed by atoms with Gasteiger partial charge in [0.15, 0.2) is 5.13 Å². The maximum Gasteiger partial charge on any atom is 0.276 e. The predicted octanol–water partition coefficient (Wildman–Crippen LogP) is 4.41. The third-order valence-electron chi connectivity index (χ3n) is 4.24. The van der Waals surface area contributed by atoms with Crippen molar-refractivity contribution in [2.75, 3.05) is 18.4 Å². The van der Waals surface area contributed by atoms with E-state index < -0.39 is 0 Å². The quantitative estimate of drug-likeness (QED) is 0.673. The Bertz CT molecular complexity index is 859. The number of piperidine rings is 1. The summed E-state index contributed by atoms with van der Waals surface area (Å²) in [7, 11) is 0. The molecule has 2 aromatic heterocycles. The van der Waals surface area contributed by atoms with E-state index in [2.05, 4.69) is 20.6 Å². The molecule has 0 unspecified atom stereocenters.